The summed E-state index contributed by atoms with van der Waals surface area (Å²) in [6.07, 6.45) is 0. The number of carboxylic acid groups (broad SMARTS) is 1. The minimum absolute atomic E-state index is 0.0877. The van der Waals surface area contributed by atoms with E-state index in [4.69, 9.17) is 0 Å². The maximum atomic E-state index is 12.6. The third-order valence-electron chi connectivity index (χ3n) is 4.29. The van der Waals surface area contributed by atoms with Crippen LogP contribution in [0.15, 0.2) is 70.7 Å². The molecule has 2 aromatic carbocycles. The van der Waals surface area contributed by atoms with E-state index in [0.29, 0.717) is 4.68 Å². The average Bonchev–Trinajstić information content (AvgIpc) is 2.75. The topological polar surface area (TPSA) is 145 Å². The van der Waals surface area contributed by atoms with E-state index in [9.17, 15) is 29.9 Å². The molecule has 1 heterocycles. The summed E-state index contributed by atoms with van der Waals surface area (Å²) in [6, 6.07) is 16.6. The highest BCUT2D eigenvalue weighted by atomic mass is 16.4. The van der Waals surface area contributed by atoms with E-state index in [1.54, 1.807) is 42.5 Å². The molecule has 3 rings (SSSR count). The van der Waals surface area contributed by atoms with Gasteiger partial charge in [0.15, 0.2) is 11.3 Å². The van der Waals surface area contributed by atoms with Gasteiger partial charge in [0.1, 0.15) is 18.4 Å². The summed E-state index contributed by atoms with van der Waals surface area (Å²) in [6.45, 7) is -0.499. The van der Waals surface area contributed by atoms with E-state index in [-0.39, 0.29) is 23.0 Å². The Morgan fingerprint density at radius 2 is 1.67 bits per heavy atom. The molecule has 0 atom stereocenters. The minimum atomic E-state index is -1.36. The van der Waals surface area contributed by atoms with Gasteiger partial charge in [-0.1, -0.05) is 48.5 Å². The van der Waals surface area contributed by atoms with E-state index in [0.717, 1.165) is 5.56 Å². The molecule has 0 bridgehead atoms. The summed E-state index contributed by atoms with van der Waals surface area (Å²) in [4.78, 5) is 36.4. The van der Waals surface area contributed by atoms with E-state index < -0.39 is 35.3 Å². The van der Waals surface area contributed by atoms with Gasteiger partial charge in [0.25, 0.3) is 11.5 Å². The van der Waals surface area contributed by atoms with Crippen LogP contribution >= 0.6 is 0 Å². The van der Waals surface area contributed by atoms with Gasteiger partial charge >= 0.3 is 5.97 Å². The zero-order chi connectivity index (χ0) is 21.7. The standard InChI is InChI=1S/C21H16N4O5/c22-10-16(19(27)23-11-13-6-2-1-3-7-13)17(26)12-25-20(28)15-9-5-4-8-14(15)18(24-25)21(29)30/h1-9,26H,11-12H2,(H,23,27)(H,29,30)/b17-16-. The Labute approximate surface area is 170 Å². The molecular weight excluding hydrogens is 388 g/mol. The van der Waals surface area contributed by atoms with Crippen molar-refractivity contribution in [1.29, 1.82) is 5.26 Å². The summed E-state index contributed by atoms with van der Waals surface area (Å²) in [5.41, 5.74) is -0.847. The minimum Gasteiger partial charge on any atom is -0.509 e. The lowest BCUT2D eigenvalue weighted by Crippen LogP contribution is -2.29. The maximum Gasteiger partial charge on any atom is 0.357 e. The van der Waals surface area contributed by atoms with Crippen LogP contribution in [0.1, 0.15) is 16.1 Å². The normalized spacial score (nSPS) is 11.4. The van der Waals surface area contributed by atoms with Crippen LogP contribution in [0.3, 0.4) is 0 Å². The molecule has 0 fully saturated rings. The summed E-state index contributed by atoms with van der Waals surface area (Å²) >= 11 is 0. The lowest BCUT2D eigenvalue weighted by Gasteiger charge is -2.10. The third-order valence-corrected chi connectivity index (χ3v) is 4.29. The number of aliphatic hydroxyl groups excluding tert-OH is 1. The molecule has 9 nitrogen and oxygen atoms in total. The highest BCUT2D eigenvalue weighted by Crippen LogP contribution is 2.14. The largest absolute Gasteiger partial charge is 0.509 e. The number of aliphatic hydroxyl groups is 1. The second-order valence-corrected chi connectivity index (χ2v) is 6.26. The molecule has 150 valence electrons. The molecule has 0 aliphatic carbocycles. The van der Waals surface area contributed by atoms with Gasteiger partial charge in [0.05, 0.1) is 5.39 Å². The molecule has 0 unspecified atom stereocenters. The zero-order valence-corrected chi connectivity index (χ0v) is 15.6. The number of allylic oxidation sites excluding steroid dienone is 1. The molecule has 3 N–H and O–H groups in total. The zero-order valence-electron chi connectivity index (χ0n) is 15.6. The summed E-state index contributed by atoms with van der Waals surface area (Å²) < 4.78 is 0.711. The molecule has 0 spiro atoms. The van der Waals surface area contributed by atoms with Crippen molar-refractivity contribution in [2.75, 3.05) is 0 Å². The van der Waals surface area contributed by atoms with Crippen LogP contribution in [0.2, 0.25) is 0 Å². The molecule has 0 aliphatic rings. The molecule has 30 heavy (non-hydrogen) atoms. The number of nitrogens with one attached hydrogen (secondary N) is 1. The van der Waals surface area contributed by atoms with E-state index >= 15 is 0 Å². The van der Waals surface area contributed by atoms with Crippen LogP contribution in [0.5, 0.6) is 0 Å². The van der Waals surface area contributed by atoms with Crippen molar-refractivity contribution in [1.82, 2.24) is 15.1 Å². The van der Waals surface area contributed by atoms with Gasteiger partial charge in [-0.15, -0.1) is 0 Å². The summed E-state index contributed by atoms with van der Waals surface area (Å²) in [7, 11) is 0. The van der Waals surface area contributed by atoms with Crippen LogP contribution in [0.25, 0.3) is 10.8 Å². The molecule has 3 aromatic rings. The van der Waals surface area contributed by atoms with Crippen LogP contribution in [0.4, 0.5) is 0 Å². The van der Waals surface area contributed by atoms with E-state index in [1.807, 2.05) is 6.07 Å². The van der Waals surface area contributed by atoms with Crippen molar-refractivity contribution in [2.24, 2.45) is 0 Å². The number of rotatable bonds is 6. The number of nitriles is 1. The number of hydrogen-bond acceptors (Lipinski definition) is 6. The van der Waals surface area contributed by atoms with E-state index in [2.05, 4.69) is 10.4 Å². The molecule has 0 saturated heterocycles. The number of fused-ring (bicyclic) bond motifs is 1. The first-order valence-corrected chi connectivity index (χ1v) is 8.80. The number of hydrogen-bond donors (Lipinski definition) is 3. The van der Waals surface area contributed by atoms with Gasteiger partial charge in [-0.3, -0.25) is 9.59 Å². The molecule has 0 aliphatic heterocycles. The predicted octanol–water partition coefficient (Wildman–Crippen LogP) is 1.75. The molecule has 1 aromatic heterocycles. The van der Waals surface area contributed by atoms with Gasteiger partial charge in [-0.2, -0.15) is 10.4 Å². The van der Waals surface area contributed by atoms with Gasteiger partial charge in [-0.25, -0.2) is 9.48 Å². The number of benzene rings is 2. The van der Waals surface area contributed by atoms with Crippen molar-refractivity contribution in [3.8, 4) is 6.07 Å². The Kier molecular flexibility index (Phi) is 5.89. The molecule has 0 radical (unpaired) electrons. The highest BCUT2D eigenvalue weighted by molar-refractivity contribution is 6.01. The number of aromatic carboxylic acids is 1. The molecule has 0 saturated carbocycles. The van der Waals surface area contributed by atoms with Crippen LogP contribution in [-0.2, 0) is 17.9 Å². The fourth-order valence-electron chi connectivity index (χ4n) is 2.83. The van der Waals surface area contributed by atoms with Crippen molar-refractivity contribution in [2.45, 2.75) is 13.1 Å². The number of carbonyl (C=O) groups is 2. The molecule has 9 heteroatoms. The van der Waals surface area contributed by atoms with Crippen molar-refractivity contribution < 1.29 is 19.8 Å². The van der Waals surface area contributed by atoms with Crippen LogP contribution in [-0.4, -0.2) is 31.9 Å². The monoisotopic (exact) mass is 404 g/mol. The van der Waals surface area contributed by atoms with E-state index in [1.165, 1.54) is 12.1 Å². The summed E-state index contributed by atoms with van der Waals surface area (Å²) in [5.74, 6) is -2.89. The number of aromatic nitrogens is 2. The van der Waals surface area contributed by atoms with Crippen molar-refractivity contribution in [3.05, 3.63) is 87.5 Å². The Hall–Kier alpha value is -4.45. The van der Waals surface area contributed by atoms with Gasteiger partial charge < -0.3 is 15.5 Å². The fraction of sp³-hybridized carbons (Fsp3) is 0.0952. The quantitative estimate of drug-likeness (QED) is 0.322. The Balaban J connectivity index is 1.92. The molecular formula is C21H16N4O5. The number of nitrogens with zero attached hydrogens (tertiary/aromatic N) is 3. The Bertz CT molecular complexity index is 1260. The van der Waals surface area contributed by atoms with Crippen LogP contribution < -0.4 is 10.9 Å². The Morgan fingerprint density at radius 1 is 1.03 bits per heavy atom. The third kappa shape index (κ3) is 4.18. The number of carbonyl (C=O) groups excluding carboxylic acids is 1. The first-order chi connectivity index (χ1) is 14.4. The van der Waals surface area contributed by atoms with Gasteiger partial charge in [0.2, 0.25) is 0 Å². The smallest absolute Gasteiger partial charge is 0.357 e. The first kappa shape index (κ1) is 20.3. The lowest BCUT2D eigenvalue weighted by atomic mass is 10.1. The highest BCUT2D eigenvalue weighted by Gasteiger charge is 2.19. The first-order valence-electron chi connectivity index (χ1n) is 8.80. The van der Waals surface area contributed by atoms with Gasteiger partial charge in [0, 0.05) is 11.9 Å². The van der Waals surface area contributed by atoms with Crippen LogP contribution in [0, 0.1) is 11.3 Å². The second kappa shape index (κ2) is 8.70. The lowest BCUT2D eigenvalue weighted by molar-refractivity contribution is -0.117. The SMILES string of the molecule is N#C/C(C(=O)NCc1ccccc1)=C(/O)Cn1nc(C(=O)O)c2ccccc2c1=O. The van der Waals surface area contributed by atoms with Crippen molar-refractivity contribution in [3.63, 3.8) is 0 Å². The number of amides is 1. The van der Waals surface area contributed by atoms with Crippen molar-refractivity contribution >= 4 is 22.6 Å². The maximum absolute atomic E-state index is 12.6. The average molecular weight is 404 g/mol. The summed E-state index contributed by atoms with van der Waals surface area (Å²) in [5, 5.41) is 35.5. The van der Waals surface area contributed by atoms with Gasteiger partial charge in [-0.05, 0) is 11.6 Å². The second-order valence-electron chi connectivity index (χ2n) is 6.26. The molecule has 1 amide bonds. The number of carboxylic acids is 1. The predicted molar refractivity (Wildman–Crippen MR) is 107 cm³/mol. The Morgan fingerprint density at radius 3 is 2.30 bits per heavy atom. The fourth-order valence-corrected chi connectivity index (χ4v) is 2.83.